The van der Waals surface area contributed by atoms with Crippen LogP contribution in [0.2, 0.25) is 0 Å². The summed E-state index contributed by atoms with van der Waals surface area (Å²) in [5, 5.41) is 12.1. The maximum Gasteiger partial charge on any atom is 0.322 e. The second kappa shape index (κ2) is 7.34. The Hall–Kier alpha value is -2.60. The first-order valence-electron chi connectivity index (χ1n) is 8.67. The fraction of sp³-hybridized carbons (Fsp3) is 0.278. The quantitative estimate of drug-likeness (QED) is 0.657. The minimum atomic E-state index is -3.73. The molecule has 2 aromatic heterocycles. The maximum atomic E-state index is 12.9. The number of carbonyl (C=O) groups is 1. The van der Waals surface area contributed by atoms with E-state index in [1.54, 1.807) is 13.8 Å². The van der Waals surface area contributed by atoms with Crippen LogP contribution in [0.3, 0.4) is 0 Å². The van der Waals surface area contributed by atoms with Crippen LogP contribution in [0.25, 0.3) is 10.8 Å². The van der Waals surface area contributed by atoms with Crippen LogP contribution in [0, 0.1) is 0 Å². The first kappa shape index (κ1) is 19.7. The lowest BCUT2D eigenvalue weighted by Crippen LogP contribution is -2.44. The third-order valence-electron chi connectivity index (χ3n) is 4.42. The van der Waals surface area contributed by atoms with Crippen LogP contribution >= 0.6 is 11.3 Å². The van der Waals surface area contributed by atoms with E-state index in [-0.39, 0.29) is 23.2 Å². The molecule has 29 heavy (non-hydrogen) atoms. The fourth-order valence-corrected chi connectivity index (χ4v) is 5.16. The van der Waals surface area contributed by atoms with Gasteiger partial charge in [0.1, 0.15) is 6.73 Å². The summed E-state index contributed by atoms with van der Waals surface area (Å²) in [5.41, 5.74) is -0.371. The summed E-state index contributed by atoms with van der Waals surface area (Å²) >= 11 is 1.44. The number of benzene rings is 1. The number of hydrogen-bond donors (Lipinski definition) is 1. The largest absolute Gasteiger partial charge is 0.402 e. The fourth-order valence-electron chi connectivity index (χ4n) is 2.87. The standard InChI is InChI=1S/C18H18N4O5S2/c1-18(2)10-26-11-22(18)29(24,25)13-7-5-12(6-8-13)15(23)19-17-21-20-16(27-17)14-4-3-9-28-14/h3-9H,10-11H2,1-2H3,(H,19,21,23). The second-order valence-electron chi connectivity index (χ2n) is 7.01. The lowest BCUT2D eigenvalue weighted by molar-refractivity contribution is 0.102. The Morgan fingerprint density at radius 2 is 1.97 bits per heavy atom. The van der Waals surface area contributed by atoms with Crippen molar-refractivity contribution in [2.45, 2.75) is 24.3 Å². The summed E-state index contributed by atoms with van der Waals surface area (Å²) in [6, 6.07) is 9.30. The van der Waals surface area contributed by atoms with Crippen molar-refractivity contribution in [2.24, 2.45) is 0 Å². The summed E-state index contributed by atoms with van der Waals surface area (Å²) in [4.78, 5) is 13.3. The van der Waals surface area contributed by atoms with Crippen LogP contribution in [0.5, 0.6) is 0 Å². The molecule has 0 saturated carbocycles. The van der Waals surface area contributed by atoms with Crippen LogP contribution in [-0.2, 0) is 14.8 Å². The Balaban J connectivity index is 1.48. The Labute approximate surface area is 171 Å². The SMILES string of the molecule is CC1(C)COCN1S(=O)(=O)c1ccc(C(=O)Nc2nnc(-c3cccs3)o2)cc1. The van der Waals surface area contributed by atoms with Gasteiger partial charge in [-0.2, -0.15) is 4.31 Å². The Morgan fingerprint density at radius 1 is 1.21 bits per heavy atom. The van der Waals surface area contributed by atoms with Gasteiger partial charge in [0.25, 0.3) is 11.8 Å². The molecule has 1 aliphatic heterocycles. The maximum absolute atomic E-state index is 12.9. The van der Waals surface area contributed by atoms with E-state index < -0.39 is 21.5 Å². The first-order valence-corrected chi connectivity index (χ1v) is 11.0. The van der Waals surface area contributed by atoms with E-state index >= 15 is 0 Å². The molecule has 1 amide bonds. The van der Waals surface area contributed by atoms with Gasteiger partial charge in [-0.1, -0.05) is 11.2 Å². The van der Waals surface area contributed by atoms with Gasteiger partial charge in [0, 0.05) is 5.56 Å². The van der Waals surface area contributed by atoms with Crippen LogP contribution in [0.4, 0.5) is 6.01 Å². The van der Waals surface area contributed by atoms with E-state index in [0.717, 1.165) is 4.88 Å². The zero-order valence-corrected chi connectivity index (χ0v) is 17.3. The number of amides is 1. The second-order valence-corrected chi connectivity index (χ2v) is 9.82. The molecule has 1 N–H and O–H groups in total. The van der Waals surface area contributed by atoms with Crippen LogP contribution in [0.15, 0.2) is 51.1 Å². The van der Waals surface area contributed by atoms with Crippen LogP contribution in [0.1, 0.15) is 24.2 Å². The number of sulfonamides is 1. The molecule has 1 aromatic carbocycles. The lowest BCUT2D eigenvalue weighted by Gasteiger charge is -2.28. The molecule has 3 heterocycles. The third kappa shape index (κ3) is 3.81. The molecule has 1 aliphatic rings. The zero-order chi connectivity index (χ0) is 20.6. The number of thiophene rings is 1. The number of ether oxygens (including phenoxy) is 1. The molecule has 11 heteroatoms. The van der Waals surface area contributed by atoms with E-state index in [9.17, 15) is 13.2 Å². The summed E-state index contributed by atoms with van der Waals surface area (Å²) in [6.07, 6.45) is 0. The summed E-state index contributed by atoms with van der Waals surface area (Å²) < 4.78 is 37.7. The van der Waals surface area contributed by atoms with Gasteiger partial charge in [-0.25, -0.2) is 8.42 Å². The van der Waals surface area contributed by atoms with Crippen molar-refractivity contribution in [3.8, 4) is 10.8 Å². The van der Waals surface area contributed by atoms with Crippen molar-refractivity contribution in [1.82, 2.24) is 14.5 Å². The van der Waals surface area contributed by atoms with Gasteiger partial charge in [-0.3, -0.25) is 10.1 Å². The molecule has 0 radical (unpaired) electrons. The number of rotatable bonds is 5. The van der Waals surface area contributed by atoms with Gasteiger partial charge in [0.2, 0.25) is 10.0 Å². The smallest absolute Gasteiger partial charge is 0.322 e. The Kier molecular flexibility index (Phi) is 4.99. The minimum Gasteiger partial charge on any atom is -0.402 e. The average Bonchev–Trinajstić information content (AvgIpc) is 3.42. The predicted octanol–water partition coefficient (Wildman–Crippen LogP) is 2.81. The topological polar surface area (TPSA) is 115 Å². The molecular formula is C18H18N4O5S2. The molecule has 1 saturated heterocycles. The molecule has 0 bridgehead atoms. The van der Waals surface area contributed by atoms with Gasteiger partial charge in [-0.05, 0) is 49.6 Å². The number of hydrogen-bond acceptors (Lipinski definition) is 8. The van der Waals surface area contributed by atoms with E-state index in [0.29, 0.717) is 12.5 Å². The molecular weight excluding hydrogens is 416 g/mol. The lowest BCUT2D eigenvalue weighted by atomic mass is 10.1. The summed E-state index contributed by atoms with van der Waals surface area (Å²) in [7, 11) is -3.73. The van der Waals surface area contributed by atoms with E-state index in [4.69, 9.17) is 9.15 Å². The third-order valence-corrected chi connectivity index (χ3v) is 7.33. The average molecular weight is 434 g/mol. The number of anilines is 1. The number of nitrogens with one attached hydrogen (secondary N) is 1. The molecule has 0 atom stereocenters. The van der Waals surface area contributed by atoms with Gasteiger partial charge in [0.05, 0.1) is 21.9 Å². The van der Waals surface area contributed by atoms with Crippen molar-refractivity contribution in [3.05, 3.63) is 47.3 Å². The van der Waals surface area contributed by atoms with E-state index in [1.165, 1.54) is 39.9 Å². The number of aromatic nitrogens is 2. The van der Waals surface area contributed by atoms with Gasteiger partial charge < -0.3 is 9.15 Å². The van der Waals surface area contributed by atoms with Crippen molar-refractivity contribution < 1.29 is 22.4 Å². The van der Waals surface area contributed by atoms with Gasteiger partial charge in [0.15, 0.2) is 0 Å². The van der Waals surface area contributed by atoms with Gasteiger partial charge in [-0.15, -0.1) is 16.4 Å². The molecule has 0 aliphatic carbocycles. The normalized spacial score (nSPS) is 16.8. The first-order chi connectivity index (χ1) is 13.8. The van der Waals surface area contributed by atoms with Crippen molar-refractivity contribution in [3.63, 3.8) is 0 Å². The van der Waals surface area contributed by atoms with Crippen molar-refractivity contribution in [2.75, 3.05) is 18.7 Å². The summed E-state index contributed by atoms with van der Waals surface area (Å²) in [6.45, 7) is 3.92. The minimum absolute atomic E-state index is 0.00130. The predicted molar refractivity (Wildman–Crippen MR) is 106 cm³/mol. The van der Waals surface area contributed by atoms with Crippen molar-refractivity contribution in [1.29, 1.82) is 0 Å². The molecule has 0 unspecified atom stereocenters. The molecule has 0 spiro atoms. The summed E-state index contributed by atoms with van der Waals surface area (Å²) in [5.74, 6) is -0.174. The van der Waals surface area contributed by atoms with Crippen LogP contribution in [-0.4, -0.2) is 47.7 Å². The highest BCUT2D eigenvalue weighted by Crippen LogP contribution is 2.29. The zero-order valence-electron chi connectivity index (χ0n) is 15.7. The molecule has 3 aromatic rings. The molecule has 4 rings (SSSR count). The molecule has 152 valence electrons. The number of carbonyl (C=O) groups excluding carboxylic acids is 1. The van der Waals surface area contributed by atoms with E-state index in [1.807, 2.05) is 17.5 Å². The van der Waals surface area contributed by atoms with Crippen LogP contribution < -0.4 is 5.32 Å². The number of nitrogens with zero attached hydrogens (tertiary/aromatic N) is 3. The Morgan fingerprint density at radius 3 is 2.59 bits per heavy atom. The highest BCUT2D eigenvalue weighted by atomic mass is 32.2. The monoisotopic (exact) mass is 434 g/mol. The van der Waals surface area contributed by atoms with Gasteiger partial charge >= 0.3 is 6.01 Å². The highest BCUT2D eigenvalue weighted by Gasteiger charge is 2.42. The Bertz CT molecular complexity index is 1120. The van der Waals surface area contributed by atoms with E-state index in [2.05, 4.69) is 15.5 Å². The molecule has 9 nitrogen and oxygen atoms in total. The van der Waals surface area contributed by atoms with Crippen molar-refractivity contribution >= 4 is 33.3 Å². The molecule has 1 fully saturated rings. The highest BCUT2D eigenvalue weighted by molar-refractivity contribution is 7.89.